The summed E-state index contributed by atoms with van der Waals surface area (Å²) in [6.07, 6.45) is 0. The summed E-state index contributed by atoms with van der Waals surface area (Å²) in [4.78, 5) is 0. The molecule has 0 radical (unpaired) electrons. The van der Waals surface area contributed by atoms with Crippen LogP contribution in [0.1, 0.15) is 16.7 Å². The molecule has 0 aliphatic rings. The normalized spacial score (nSPS) is 10.0. The summed E-state index contributed by atoms with van der Waals surface area (Å²) in [7, 11) is 1.52. The third kappa shape index (κ3) is 3.71. The van der Waals surface area contributed by atoms with Gasteiger partial charge >= 0.3 is 0 Å². The molecular weight excluding hydrogens is 273 g/mol. The number of nitriles is 1. The number of benzene rings is 2. The molecule has 0 amide bonds. The summed E-state index contributed by atoms with van der Waals surface area (Å²) in [5.74, 6) is 0.422. The van der Waals surface area contributed by atoms with Gasteiger partial charge in [0.1, 0.15) is 23.9 Å². The summed E-state index contributed by atoms with van der Waals surface area (Å²) in [5.41, 5.74) is 1.61. The van der Waals surface area contributed by atoms with Crippen LogP contribution in [0.15, 0.2) is 36.4 Å². The van der Waals surface area contributed by atoms with Crippen LogP contribution in [0.3, 0.4) is 0 Å². The summed E-state index contributed by atoms with van der Waals surface area (Å²) < 4.78 is 24.1. The molecule has 0 heterocycles. The zero-order chi connectivity index (χ0) is 15.2. The number of rotatable bonds is 5. The summed E-state index contributed by atoms with van der Waals surface area (Å²) in [6.45, 7) is -0.131. The Morgan fingerprint density at radius 3 is 2.71 bits per heavy atom. The van der Waals surface area contributed by atoms with Crippen LogP contribution in [0.5, 0.6) is 11.5 Å². The van der Waals surface area contributed by atoms with Crippen molar-refractivity contribution in [2.24, 2.45) is 0 Å². The molecule has 0 atom stereocenters. The number of aliphatic hydroxyl groups excluding tert-OH is 1. The zero-order valence-corrected chi connectivity index (χ0v) is 11.5. The number of hydrogen-bond acceptors (Lipinski definition) is 4. The lowest BCUT2D eigenvalue weighted by atomic mass is 10.1. The van der Waals surface area contributed by atoms with E-state index in [9.17, 15) is 4.39 Å². The van der Waals surface area contributed by atoms with Gasteiger partial charge in [0.15, 0.2) is 0 Å². The van der Waals surface area contributed by atoms with E-state index in [0.29, 0.717) is 28.2 Å². The standard InChI is InChI=1S/C16H14FNO3/c1-20-16-3-2-11(8-18)4-13(16)10-21-15-6-12(9-19)5-14(17)7-15/h2-7,19H,9-10H2,1H3. The monoisotopic (exact) mass is 287 g/mol. The summed E-state index contributed by atoms with van der Waals surface area (Å²) >= 11 is 0. The van der Waals surface area contributed by atoms with E-state index in [4.69, 9.17) is 19.8 Å². The molecule has 0 spiro atoms. The largest absolute Gasteiger partial charge is 0.496 e. The number of aliphatic hydroxyl groups is 1. The summed E-state index contributed by atoms with van der Waals surface area (Å²) in [6, 6.07) is 11.1. The average molecular weight is 287 g/mol. The van der Waals surface area contributed by atoms with Gasteiger partial charge in [0.2, 0.25) is 0 Å². The Morgan fingerprint density at radius 2 is 2.05 bits per heavy atom. The number of nitrogens with zero attached hydrogens (tertiary/aromatic N) is 1. The maximum absolute atomic E-state index is 13.3. The van der Waals surface area contributed by atoms with Crippen LogP contribution in [0.2, 0.25) is 0 Å². The van der Waals surface area contributed by atoms with E-state index in [1.165, 1.54) is 19.2 Å². The van der Waals surface area contributed by atoms with Crippen LogP contribution in [0.4, 0.5) is 4.39 Å². The lowest BCUT2D eigenvalue weighted by Crippen LogP contribution is -2.00. The Hall–Kier alpha value is -2.58. The first-order valence-electron chi connectivity index (χ1n) is 6.26. The number of ether oxygens (including phenoxy) is 2. The van der Waals surface area contributed by atoms with Crippen LogP contribution in [-0.4, -0.2) is 12.2 Å². The van der Waals surface area contributed by atoms with E-state index >= 15 is 0 Å². The molecule has 0 aromatic heterocycles. The second-order valence-electron chi connectivity index (χ2n) is 4.38. The fourth-order valence-electron chi connectivity index (χ4n) is 1.92. The van der Waals surface area contributed by atoms with Crippen LogP contribution >= 0.6 is 0 Å². The van der Waals surface area contributed by atoms with Gasteiger partial charge in [0.05, 0.1) is 25.3 Å². The zero-order valence-electron chi connectivity index (χ0n) is 11.5. The van der Waals surface area contributed by atoms with Gasteiger partial charge in [-0.05, 0) is 35.9 Å². The highest BCUT2D eigenvalue weighted by Crippen LogP contribution is 2.23. The Morgan fingerprint density at radius 1 is 1.24 bits per heavy atom. The van der Waals surface area contributed by atoms with E-state index in [2.05, 4.69) is 0 Å². The molecule has 4 nitrogen and oxygen atoms in total. The highest BCUT2D eigenvalue weighted by Gasteiger charge is 2.07. The van der Waals surface area contributed by atoms with Gasteiger partial charge in [-0.1, -0.05) is 0 Å². The van der Waals surface area contributed by atoms with Crippen molar-refractivity contribution in [1.29, 1.82) is 5.26 Å². The first-order valence-corrected chi connectivity index (χ1v) is 6.26. The van der Waals surface area contributed by atoms with Crippen molar-refractivity contribution in [3.63, 3.8) is 0 Å². The fraction of sp³-hybridized carbons (Fsp3) is 0.188. The number of halogens is 1. The van der Waals surface area contributed by atoms with E-state index in [0.717, 1.165) is 0 Å². The maximum Gasteiger partial charge on any atom is 0.127 e. The smallest absolute Gasteiger partial charge is 0.127 e. The molecule has 0 saturated heterocycles. The third-order valence-corrected chi connectivity index (χ3v) is 2.92. The SMILES string of the molecule is COc1ccc(C#N)cc1COc1cc(F)cc(CO)c1. The minimum Gasteiger partial charge on any atom is -0.496 e. The quantitative estimate of drug-likeness (QED) is 0.918. The first kappa shape index (κ1) is 14.8. The van der Waals surface area contributed by atoms with Gasteiger partial charge in [0, 0.05) is 11.6 Å². The van der Waals surface area contributed by atoms with Gasteiger partial charge in [-0.3, -0.25) is 0 Å². The molecule has 0 aliphatic heterocycles. The molecule has 0 fully saturated rings. The highest BCUT2D eigenvalue weighted by atomic mass is 19.1. The molecule has 2 aromatic carbocycles. The molecule has 0 unspecified atom stereocenters. The van der Waals surface area contributed by atoms with Crippen molar-refractivity contribution < 1.29 is 19.0 Å². The molecule has 0 aliphatic carbocycles. The molecule has 2 aromatic rings. The second-order valence-corrected chi connectivity index (χ2v) is 4.38. The van der Waals surface area contributed by atoms with Crippen molar-refractivity contribution in [2.45, 2.75) is 13.2 Å². The Labute approximate surface area is 122 Å². The minimum atomic E-state index is -0.478. The molecule has 1 N–H and O–H groups in total. The molecule has 5 heteroatoms. The molecule has 0 bridgehead atoms. The van der Waals surface area contributed by atoms with Crippen LogP contribution in [-0.2, 0) is 13.2 Å². The predicted octanol–water partition coefficient (Wildman–Crippen LogP) is 2.78. The minimum absolute atomic E-state index is 0.132. The third-order valence-electron chi connectivity index (χ3n) is 2.92. The van der Waals surface area contributed by atoms with Gasteiger partial charge in [-0.15, -0.1) is 0 Å². The topological polar surface area (TPSA) is 62.5 Å². The fourth-order valence-corrected chi connectivity index (χ4v) is 1.92. The van der Waals surface area contributed by atoms with Crippen molar-refractivity contribution in [2.75, 3.05) is 7.11 Å². The van der Waals surface area contributed by atoms with Crippen molar-refractivity contribution in [3.05, 3.63) is 58.9 Å². The first-order chi connectivity index (χ1) is 10.2. The van der Waals surface area contributed by atoms with Gasteiger partial charge < -0.3 is 14.6 Å². The number of hydrogen-bond donors (Lipinski definition) is 1. The van der Waals surface area contributed by atoms with E-state index in [1.807, 2.05) is 6.07 Å². The van der Waals surface area contributed by atoms with Crippen molar-refractivity contribution in [3.8, 4) is 17.6 Å². The second kappa shape index (κ2) is 6.73. The molecule has 21 heavy (non-hydrogen) atoms. The summed E-state index contributed by atoms with van der Waals surface area (Å²) in [5, 5.41) is 18.0. The number of methoxy groups -OCH3 is 1. The van der Waals surface area contributed by atoms with Gasteiger partial charge in [-0.2, -0.15) is 5.26 Å². The van der Waals surface area contributed by atoms with Gasteiger partial charge in [-0.25, -0.2) is 4.39 Å². The van der Waals surface area contributed by atoms with Crippen molar-refractivity contribution >= 4 is 0 Å². The Balaban J connectivity index is 2.20. The molecular formula is C16H14FNO3. The van der Waals surface area contributed by atoms with E-state index in [-0.39, 0.29) is 13.2 Å². The molecule has 108 valence electrons. The average Bonchev–Trinajstić information content (AvgIpc) is 2.51. The van der Waals surface area contributed by atoms with E-state index in [1.54, 1.807) is 24.3 Å². The van der Waals surface area contributed by atoms with E-state index < -0.39 is 5.82 Å². The van der Waals surface area contributed by atoms with Crippen molar-refractivity contribution in [1.82, 2.24) is 0 Å². The Kier molecular flexibility index (Phi) is 4.75. The highest BCUT2D eigenvalue weighted by molar-refractivity contribution is 5.42. The van der Waals surface area contributed by atoms with Crippen LogP contribution in [0, 0.1) is 17.1 Å². The van der Waals surface area contributed by atoms with Crippen LogP contribution < -0.4 is 9.47 Å². The molecule has 0 saturated carbocycles. The lowest BCUT2D eigenvalue weighted by Gasteiger charge is -2.11. The van der Waals surface area contributed by atoms with Gasteiger partial charge in [0.25, 0.3) is 0 Å². The lowest BCUT2D eigenvalue weighted by molar-refractivity contribution is 0.275. The maximum atomic E-state index is 13.3. The Bertz CT molecular complexity index is 680. The predicted molar refractivity (Wildman–Crippen MR) is 74.4 cm³/mol. The molecule has 2 rings (SSSR count). The van der Waals surface area contributed by atoms with Crippen LogP contribution in [0.25, 0.3) is 0 Å².